The van der Waals surface area contributed by atoms with Crippen molar-refractivity contribution in [2.45, 2.75) is 13.3 Å². The van der Waals surface area contributed by atoms with E-state index in [9.17, 15) is 9.59 Å². The van der Waals surface area contributed by atoms with Crippen molar-refractivity contribution in [2.75, 3.05) is 4.90 Å². The Hall–Kier alpha value is -1.61. The summed E-state index contributed by atoms with van der Waals surface area (Å²) >= 11 is 6.18. The third-order valence-corrected chi connectivity index (χ3v) is 6.55. The minimum Gasteiger partial charge on any atom is -0.274 e. The number of carbonyl (C=O) groups is 2. The van der Waals surface area contributed by atoms with Crippen molar-refractivity contribution >= 4 is 29.1 Å². The minimum absolute atomic E-state index is 0.0231. The lowest BCUT2D eigenvalue weighted by atomic mass is 9.63. The second kappa shape index (κ2) is 4.02. The van der Waals surface area contributed by atoms with E-state index in [2.05, 4.69) is 12.2 Å². The Labute approximate surface area is 133 Å². The molecule has 1 saturated heterocycles. The molecule has 4 heteroatoms. The average Bonchev–Trinajstić information content (AvgIpc) is 3.28. The highest BCUT2D eigenvalue weighted by atomic mass is 35.5. The van der Waals surface area contributed by atoms with Gasteiger partial charge in [0.15, 0.2) is 0 Å². The topological polar surface area (TPSA) is 37.4 Å². The van der Waals surface area contributed by atoms with Crippen LogP contribution in [0.25, 0.3) is 0 Å². The highest BCUT2D eigenvalue weighted by Gasteiger charge is 2.67. The Morgan fingerprint density at radius 3 is 2.23 bits per heavy atom. The Bertz CT molecular complexity index is 719. The fourth-order valence-electron chi connectivity index (χ4n) is 5.03. The van der Waals surface area contributed by atoms with E-state index in [1.54, 1.807) is 12.1 Å². The molecule has 3 fully saturated rings. The predicted molar refractivity (Wildman–Crippen MR) is 83.4 cm³/mol. The van der Waals surface area contributed by atoms with Crippen LogP contribution in [-0.2, 0) is 9.59 Å². The van der Waals surface area contributed by atoms with Crippen LogP contribution in [0.15, 0.2) is 30.4 Å². The van der Waals surface area contributed by atoms with Gasteiger partial charge < -0.3 is 0 Å². The van der Waals surface area contributed by atoms with Crippen LogP contribution in [0, 0.1) is 42.4 Å². The maximum Gasteiger partial charge on any atom is 0.238 e. The van der Waals surface area contributed by atoms with Crippen LogP contribution in [0.1, 0.15) is 12.0 Å². The van der Waals surface area contributed by atoms with E-state index in [1.807, 2.05) is 13.0 Å². The quantitative estimate of drug-likeness (QED) is 0.590. The number of nitrogens with zero attached hydrogens (tertiary/aromatic N) is 1. The molecule has 0 unspecified atom stereocenters. The summed E-state index contributed by atoms with van der Waals surface area (Å²) in [6, 6.07) is 5.42. The first-order valence-corrected chi connectivity index (χ1v) is 8.28. The number of anilines is 1. The summed E-state index contributed by atoms with van der Waals surface area (Å²) in [6.45, 7) is 1.87. The molecule has 5 aliphatic rings. The SMILES string of the molecule is Cc1c(Cl)cccc1N1C(=O)[C@@H]2[C@@H]3C=C[C@H]([C@H]4C[C@H]34)[C@@H]2C1=O. The van der Waals surface area contributed by atoms with E-state index in [1.165, 1.54) is 11.3 Å². The fraction of sp³-hybridized carbons (Fsp3) is 0.444. The molecule has 1 aromatic rings. The van der Waals surface area contributed by atoms with Gasteiger partial charge in [0.1, 0.15) is 0 Å². The van der Waals surface area contributed by atoms with Gasteiger partial charge in [-0.3, -0.25) is 9.59 Å². The molecule has 0 spiro atoms. The number of amides is 2. The van der Waals surface area contributed by atoms with Crippen LogP contribution >= 0.6 is 11.6 Å². The zero-order valence-corrected chi connectivity index (χ0v) is 13.0. The number of halogens is 1. The zero-order valence-electron chi connectivity index (χ0n) is 12.2. The summed E-state index contributed by atoms with van der Waals surface area (Å²) in [5, 5.41) is 0.594. The summed E-state index contributed by atoms with van der Waals surface area (Å²) in [4.78, 5) is 27.4. The van der Waals surface area contributed by atoms with Crippen LogP contribution in [-0.4, -0.2) is 11.8 Å². The van der Waals surface area contributed by atoms with E-state index < -0.39 is 0 Å². The number of allylic oxidation sites excluding steroid dienone is 2. The molecule has 3 nitrogen and oxygen atoms in total. The van der Waals surface area contributed by atoms with Crippen molar-refractivity contribution in [2.24, 2.45) is 35.5 Å². The second-order valence-corrected chi connectivity index (χ2v) is 7.46. The number of hydrogen-bond acceptors (Lipinski definition) is 2. The molecule has 6 atom stereocenters. The molecule has 2 saturated carbocycles. The van der Waals surface area contributed by atoms with Crippen LogP contribution in [0.4, 0.5) is 5.69 Å². The Morgan fingerprint density at radius 1 is 1.05 bits per heavy atom. The van der Waals surface area contributed by atoms with Gasteiger partial charge in [0.25, 0.3) is 0 Å². The van der Waals surface area contributed by atoms with Gasteiger partial charge in [-0.15, -0.1) is 0 Å². The number of carbonyl (C=O) groups excluding carboxylic acids is 2. The molecular formula is C18H16ClNO2. The van der Waals surface area contributed by atoms with Crippen molar-refractivity contribution in [1.29, 1.82) is 0 Å². The smallest absolute Gasteiger partial charge is 0.238 e. The summed E-state index contributed by atoms with van der Waals surface area (Å²) < 4.78 is 0. The first-order chi connectivity index (χ1) is 10.6. The summed E-state index contributed by atoms with van der Waals surface area (Å²) in [6.07, 6.45) is 5.57. The summed E-state index contributed by atoms with van der Waals surface area (Å²) in [5.74, 6) is 1.45. The molecule has 1 aromatic carbocycles. The first kappa shape index (κ1) is 12.9. The molecule has 4 aliphatic carbocycles. The van der Waals surface area contributed by atoms with E-state index in [4.69, 9.17) is 11.6 Å². The van der Waals surface area contributed by atoms with Gasteiger partial charge in [-0.1, -0.05) is 29.8 Å². The van der Waals surface area contributed by atoms with Crippen LogP contribution in [0.2, 0.25) is 5.02 Å². The van der Waals surface area contributed by atoms with E-state index in [-0.39, 0.29) is 35.5 Å². The lowest BCUT2D eigenvalue weighted by Gasteiger charge is -2.37. The first-order valence-electron chi connectivity index (χ1n) is 7.91. The normalized spacial score (nSPS) is 40.9. The molecule has 0 radical (unpaired) electrons. The zero-order chi connectivity index (χ0) is 15.2. The molecule has 1 heterocycles. The van der Waals surface area contributed by atoms with Crippen molar-refractivity contribution in [3.8, 4) is 0 Å². The van der Waals surface area contributed by atoms with E-state index in [0.29, 0.717) is 22.5 Å². The highest BCUT2D eigenvalue weighted by molar-refractivity contribution is 6.32. The van der Waals surface area contributed by atoms with Gasteiger partial charge in [-0.05, 0) is 54.7 Å². The molecule has 2 amide bonds. The Balaban J connectivity index is 1.62. The monoisotopic (exact) mass is 313 g/mol. The second-order valence-electron chi connectivity index (χ2n) is 7.05. The number of hydrogen-bond donors (Lipinski definition) is 0. The lowest BCUT2D eigenvalue weighted by Crippen LogP contribution is -2.40. The molecular weight excluding hydrogens is 298 g/mol. The third-order valence-electron chi connectivity index (χ3n) is 6.14. The predicted octanol–water partition coefficient (Wildman–Crippen LogP) is 3.21. The minimum atomic E-state index is -0.148. The fourth-order valence-corrected chi connectivity index (χ4v) is 5.20. The molecule has 22 heavy (non-hydrogen) atoms. The Kier molecular flexibility index (Phi) is 2.35. The summed E-state index contributed by atoms with van der Waals surface area (Å²) in [7, 11) is 0. The van der Waals surface area contributed by atoms with Crippen molar-refractivity contribution in [3.63, 3.8) is 0 Å². The molecule has 0 aromatic heterocycles. The van der Waals surface area contributed by atoms with Crippen LogP contribution < -0.4 is 4.90 Å². The Morgan fingerprint density at radius 2 is 1.64 bits per heavy atom. The molecule has 1 aliphatic heterocycles. The summed E-state index contributed by atoms with van der Waals surface area (Å²) in [5.41, 5.74) is 1.46. The van der Waals surface area contributed by atoms with Crippen molar-refractivity contribution < 1.29 is 9.59 Å². The van der Waals surface area contributed by atoms with Crippen molar-refractivity contribution in [3.05, 3.63) is 40.9 Å². The number of benzene rings is 1. The van der Waals surface area contributed by atoms with Crippen molar-refractivity contribution in [1.82, 2.24) is 0 Å². The molecule has 6 rings (SSSR count). The third kappa shape index (κ3) is 1.38. The van der Waals surface area contributed by atoms with Crippen LogP contribution in [0.3, 0.4) is 0 Å². The van der Waals surface area contributed by atoms with E-state index in [0.717, 1.165) is 5.56 Å². The maximum absolute atomic E-state index is 13.0. The van der Waals surface area contributed by atoms with E-state index >= 15 is 0 Å². The highest BCUT2D eigenvalue weighted by Crippen LogP contribution is 2.65. The maximum atomic E-state index is 13.0. The van der Waals surface area contributed by atoms with Gasteiger partial charge in [-0.2, -0.15) is 0 Å². The number of rotatable bonds is 1. The van der Waals surface area contributed by atoms with Gasteiger partial charge in [0, 0.05) is 5.02 Å². The van der Waals surface area contributed by atoms with Gasteiger partial charge >= 0.3 is 0 Å². The standard InChI is InChI=1S/C18H16ClNO2/c1-8-13(19)3-2-4-14(8)20-17(21)15-9-5-6-10(12-7-11(9)12)16(15)18(20)22/h2-6,9-12,15-16H,7H2,1H3/t9-,10-,11-,12-,15-,16+/m1/s1. The molecule has 2 bridgehead atoms. The largest absolute Gasteiger partial charge is 0.274 e. The van der Waals surface area contributed by atoms with Crippen LogP contribution in [0.5, 0.6) is 0 Å². The molecule has 0 N–H and O–H groups in total. The average molecular weight is 314 g/mol. The van der Waals surface area contributed by atoms with Gasteiger partial charge in [0.2, 0.25) is 11.8 Å². The number of imide groups is 1. The van der Waals surface area contributed by atoms with Gasteiger partial charge in [0.05, 0.1) is 17.5 Å². The molecule has 112 valence electrons. The van der Waals surface area contributed by atoms with Gasteiger partial charge in [-0.25, -0.2) is 4.90 Å². The lowest BCUT2D eigenvalue weighted by molar-refractivity contribution is -0.124.